The lowest BCUT2D eigenvalue weighted by Gasteiger charge is -2.38. The molecule has 1 unspecified atom stereocenters. The molecule has 0 bridgehead atoms. The number of hydrogen-bond donors (Lipinski definition) is 1. The number of hydrogen-bond acceptors (Lipinski definition) is 2. The van der Waals surface area contributed by atoms with E-state index < -0.39 is 0 Å². The highest BCUT2D eigenvalue weighted by atomic mass is 16.5. The molecule has 0 aromatic carbocycles. The predicted octanol–water partition coefficient (Wildman–Crippen LogP) is 1.43. The van der Waals surface area contributed by atoms with Crippen LogP contribution in [0.25, 0.3) is 0 Å². The van der Waals surface area contributed by atoms with Gasteiger partial charge < -0.3 is 9.84 Å². The third kappa shape index (κ3) is 0.728. The zero-order valence-corrected chi connectivity index (χ0v) is 8.13. The van der Waals surface area contributed by atoms with E-state index in [4.69, 9.17) is 9.84 Å². The molecule has 2 aliphatic carbocycles. The largest absolute Gasteiger partial charge is 0.396 e. The summed E-state index contributed by atoms with van der Waals surface area (Å²) in [5.41, 5.74) is 0.791. The number of methoxy groups -OCH3 is 1. The van der Waals surface area contributed by atoms with Gasteiger partial charge in [-0.2, -0.15) is 0 Å². The first kappa shape index (κ1) is 8.52. The normalized spacial score (nSPS) is 49.0. The Bertz CT molecular complexity index is 192. The van der Waals surface area contributed by atoms with Crippen LogP contribution < -0.4 is 0 Å². The van der Waals surface area contributed by atoms with Crippen LogP contribution in [0.2, 0.25) is 0 Å². The molecule has 2 heteroatoms. The third-order valence-corrected chi connectivity index (χ3v) is 4.44. The summed E-state index contributed by atoms with van der Waals surface area (Å²) in [7, 11) is 1.78. The Morgan fingerprint density at radius 2 is 2.00 bits per heavy atom. The molecule has 0 aromatic rings. The molecule has 0 aliphatic heterocycles. The zero-order valence-electron chi connectivity index (χ0n) is 8.13. The van der Waals surface area contributed by atoms with Crippen molar-refractivity contribution >= 4 is 0 Å². The fourth-order valence-electron chi connectivity index (χ4n) is 3.20. The van der Waals surface area contributed by atoms with Crippen molar-refractivity contribution < 1.29 is 9.84 Å². The van der Waals surface area contributed by atoms with E-state index in [1.165, 1.54) is 0 Å². The second-order valence-corrected chi connectivity index (χ2v) is 4.88. The van der Waals surface area contributed by atoms with Crippen LogP contribution in [0, 0.1) is 16.7 Å². The summed E-state index contributed by atoms with van der Waals surface area (Å²) >= 11 is 0. The van der Waals surface area contributed by atoms with Gasteiger partial charge in [-0.15, -0.1) is 0 Å². The lowest BCUT2D eigenvalue weighted by molar-refractivity contribution is -0.0310. The van der Waals surface area contributed by atoms with Crippen molar-refractivity contribution in [3.8, 4) is 0 Å². The first-order valence-corrected chi connectivity index (χ1v) is 4.72. The van der Waals surface area contributed by atoms with Gasteiger partial charge in [-0.25, -0.2) is 0 Å². The van der Waals surface area contributed by atoms with Crippen molar-refractivity contribution in [3.05, 3.63) is 0 Å². The van der Waals surface area contributed by atoms with Gasteiger partial charge in [-0.05, 0) is 29.6 Å². The van der Waals surface area contributed by atoms with Gasteiger partial charge in [0.2, 0.25) is 0 Å². The van der Waals surface area contributed by atoms with E-state index in [1.54, 1.807) is 7.11 Å². The maximum absolute atomic E-state index is 9.16. The molecule has 2 fully saturated rings. The average molecular weight is 170 g/mol. The molecule has 2 nitrogen and oxygen atoms in total. The predicted molar refractivity (Wildman–Crippen MR) is 46.8 cm³/mol. The first-order valence-electron chi connectivity index (χ1n) is 4.72. The molecule has 70 valence electrons. The van der Waals surface area contributed by atoms with Crippen LogP contribution in [0.1, 0.15) is 26.7 Å². The minimum absolute atomic E-state index is 0.351. The molecule has 1 N–H and O–H groups in total. The summed E-state index contributed by atoms with van der Waals surface area (Å²) in [6, 6.07) is 0. The quantitative estimate of drug-likeness (QED) is 0.679. The summed E-state index contributed by atoms with van der Waals surface area (Å²) in [5, 5.41) is 9.16. The van der Waals surface area contributed by atoms with Crippen LogP contribution in [0.3, 0.4) is 0 Å². The van der Waals surface area contributed by atoms with Crippen molar-refractivity contribution in [2.45, 2.75) is 32.8 Å². The highest BCUT2D eigenvalue weighted by Gasteiger charge is 2.74. The second kappa shape index (κ2) is 2.24. The van der Waals surface area contributed by atoms with E-state index in [1.807, 2.05) is 0 Å². The Labute approximate surface area is 73.9 Å². The van der Waals surface area contributed by atoms with E-state index >= 15 is 0 Å². The molecule has 1 atom stereocenters. The van der Waals surface area contributed by atoms with Crippen LogP contribution >= 0.6 is 0 Å². The SMILES string of the molecule is COC1CC2(C1)C(CO)C2(C)C. The van der Waals surface area contributed by atoms with Gasteiger partial charge in [-0.3, -0.25) is 0 Å². The number of aliphatic hydroxyl groups excluding tert-OH is 1. The standard InChI is InChI=1S/C10H18O2/c1-9(2)8(6-11)10(9)4-7(5-10)12-3/h7-8,11H,4-6H2,1-3H3. The topological polar surface area (TPSA) is 29.5 Å². The lowest BCUT2D eigenvalue weighted by Crippen LogP contribution is -2.35. The van der Waals surface area contributed by atoms with E-state index in [9.17, 15) is 0 Å². The van der Waals surface area contributed by atoms with Crippen LogP contribution in [0.4, 0.5) is 0 Å². The molecule has 0 saturated heterocycles. The number of rotatable bonds is 2. The smallest absolute Gasteiger partial charge is 0.0582 e. The van der Waals surface area contributed by atoms with Crippen molar-refractivity contribution in [2.75, 3.05) is 13.7 Å². The Morgan fingerprint density at radius 3 is 2.33 bits per heavy atom. The first-order chi connectivity index (χ1) is 5.58. The summed E-state index contributed by atoms with van der Waals surface area (Å²) in [4.78, 5) is 0. The Hall–Kier alpha value is -0.0800. The summed E-state index contributed by atoms with van der Waals surface area (Å²) in [6.07, 6.45) is 2.77. The van der Waals surface area contributed by atoms with Crippen LogP contribution in [0.15, 0.2) is 0 Å². The zero-order chi connectivity index (χ0) is 8.98. The molecule has 2 aliphatic rings. The maximum Gasteiger partial charge on any atom is 0.0582 e. The Morgan fingerprint density at radius 1 is 1.42 bits per heavy atom. The highest BCUT2D eigenvalue weighted by molar-refractivity contribution is 5.22. The monoisotopic (exact) mass is 170 g/mol. The summed E-state index contributed by atoms with van der Waals surface area (Å²) in [5.74, 6) is 0.524. The number of aliphatic hydroxyl groups is 1. The Balaban J connectivity index is 2.00. The third-order valence-electron chi connectivity index (χ3n) is 4.44. The summed E-state index contributed by atoms with van der Waals surface area (Å²) < 4.78 is 5.27. The molecule has 1 spiro atoms. The molecule has 0 aromatic heterocycles. The van der Waals surface area contributed by atoms with Gasteiger partial charge in [0.05, 0.1) is 6.10 Å². The Kier molecular flexibility index (Phi) is 1.59. The molecular weight excluding hydrogens is 152 g/mol. The van der Waals surface area contributed by atoms with Gasteiger partial charge in [0.25, 0.3) is 0 Å². The van der Waals surface area contributed by atoms with Gasteiger partial charge in [-0.1, -0.05) is 13.8 Å². The van der Waals surface area contributed by atoms with Crippen LogP contribution in [-0.2, 0) is 4.74 Å². The molecular formula is C10H18O2. The van der Waals surface area contributed by atoms with E-state index in [0.717, 1.165) is 12.8 Å². The fourth-order valence-corrected chi connectivity index (χ4v) is 3.20. The minimum atomic E-state index is 0.351. The molecule has 0 amide bonds. The fraction of sp³-hybridized carbons (Fsp3) is 1.00. The second-order valence-electron chi connectivity index (χ2n) is 4.88. The molecule has 0 heterocycles. The number of ether oxygens (including phenoxy) is 1. The van der Waals surface area contributed by atoms with Crippen LogP contribution in [0.5, 0.6) is 0 Å². The minimum Gasteiger partial charge on any atom is -0.396 e. The average Bonchev–Trinajstić information content (AvgIpc) is 2.43. The van der Waals surface area contributed by atoms with Crippen molar-refractivity contribution in [1.82, 2.24) is 0 Å². The van der Waals surface area contributed by atoms with E-state index in [2.05, 4.69) is 13.8 Å². The van der Waals surface area contributed by atoms with E-state index in [-0.39, 0.29) is 0 Å². The van der Waals surface area contributed by atoms with Crippen LogP contribution in [-0.4, -0.2) is 24.9 Å². The lowest BCUT2D eigenvalue weighted by atomic mass is 9.73. The molecule has 0 radical (unpaired) electrons. The maximum atomic E-state index is 9.16. The molecule has 2 saturated carbocycles. The van der Waals surface area contributed by atoms with Crippen molar-refractivity contribution in [1.29, 1.82) is 0 Å². The van der Waals surface area contributed by atoms with Gasteiger partial charge in [0.1, 0.15) is 0 Å². The van der Waals surface area contributed by atoms with Crippen molar-refractivity contribution in [3.63, 3.8) is 0 Å². The van der Waals surface area contributed by atoms with Crippen molar-refractivity contribution in [2.24, 2.45) is 16.7 Å². The van der Waals surface area contributed by atoms with E-state index in [0.29, 0.717) is 29.5 Å². The molecule has 2 rings (SSSR count). The molecule has 12 heavy (non-hydrogen) atoms. The van der Waals surface area contributed by atoms with Gasteiger partial charge in [0.15, 0.2) is 0 Å². The van der Waals surface area contributed by atoms with Gasteiger partial charge >= 0.3 is 0 Å². The van der Waals surface area contributed by atoms with Gasteiger partial charge in [0, 0.05) is 13.7 Å². The summed E-state index contributed by atoms with van der Waals surface area (Å²) in [6.45, 7) is 4.88. The highest BCUT2D eigenvalue weighted by Crippen LogP contribution is 2.77.